The topological polar surface area (TPSA) is 68.0 Å². The third kappa shape index (κ3) is 1.97. The molecule has 0 saturated carbocycles. The zero-order valence-electron chi connectivity index (χ0n) is 7.46. The molecule has 0 spiro atoms. The molecular weight excluding hydrogens is 218 g/mol. The SMILES string of the molecule is O=C(O)c1ncn(-c2ccc(Cl)cc2)n1. The molecule has 5 nitrogen and oxygen atoms in total. The van der Waals surface area contributed by atoms with Crippen molar-refractivity contribution in [1.82, 2.24) is 14.8 Å². The molecule has 0 radical (unpaired) electrons. The molecule has 1 aromatic heterocycles. The summed E-state index contributed by atoms with van der Waals surface area (Å²) in [5, 5.41) is 13.0. The molecule has 1 heterocycles. The highest BCUT2D eigenvalue weighted by molar-refractivity contribution is 6.30. The molecular formula is C9H6ClN3O2. The van der Waals surface area contributed by atoms with Gasteiger partial charge in [-0.05, 0) is 24.3 Å². The van der Waals surface area contributed by atoms with E-state index in [1.54, 1.807) is 24.3 Å². The lowest BCUT2D eigenvalue weighted by atomic mass is 10.3. The van der Waals surface area contributed by atoms with Crippen molar-refractivity contribution >= 4 is 17.6 Å². The fourth-order valence-electron chi connectivity index (χ4n) is 1.08. The van der Waals surface area contributed by atoms with Gasteiger partial charge in [0.15, 0.2) is 0 Å². The van der Waals surface area contributed by atoms with E-state index < -0.39 is 5.97 Å². The Morgan fingerprint density at radius 2 is 2.00 bits per heavy atom. The molecule has 2 rings (SSSR count). The van der Waals surface area contributed by atoms with Crippen molar-refractivity contribution in [3.05, 3.63) is 41.4 Å². The Kier molecular flexibility index (Phi) is 2.39. The zero-order valence-corrected chi connectivity index (χ0v) is 8.22. The number of halogens is 1. The highest BCUT2D eigenvalue weighted by Gasteiger charge is 2.09. The molecule has 0 aliphatic carbocycles. The van der Waals surface area contributed by atoms with Crippen LogP contribution in [0.5, 0.6) is 0 Å². The number of hydrogen-bond donors (Lipinski definition) is 1. The Labute approximate surface area is 89.9 Å². The molecule has 1 aromatic carbocycles. The lowest BCUT2D eigenvalue weighted by Crippen LogP contribution is -2.01. The number of carbonyl (C=O) groups is 1. The molecule has 0 bridgehead atoms. The van der Waals surface area contributed by atoms with Gasteiger partial charge in [-0.2, -0.15) is 0 Å². The minimum Gasteiger partial charge on any atom is -0.475 e. The smallest absolute Gasteiger partial charge is 0.375 e. The minimum atomic E-state index is -1.15. The average molecular weight is 224 g/mol. The van der Waals surface area contributed by atoms with Gasteiger partial charge in [-0.25, -0.2) is 14.5 Å². The van der Waals surface area contributed by atoms with Gasteiger partial charge in [0, 0.05) is 5.02 Å². The van der Waals surface area contributed by atoms with E-state index in [0.29, 0.717) is 10.7 Å². The van der Waals surface area contributed by atoms with Crippen molar-refractivity contribution < 1.29 is 9.90 Å². The molecule has 1 N–H and O–H groups in total. The van der Waals surface area contributed by atoms with Gasteiger partial charge < -0.3 is 5.11 Å². The maximum absolute atomic E-state index is 10.5. The van der Waals surface area contributed by atoms with E-state index in [0.717, 1.165) is 0 Å². The van der Waals surface area contributed by atoms with Crippen LogP contribution in [0.15, 0.2) is 30.6 Å². The van der Waals surface area contributed by atoms with Crippen molar-refractivity contribution in [2.75, 3.05) is 0 Å². The highest BCUT2D eigenvalue weighted by Crippen LogP contribution is 2.12. The van der Waals surface area contributed by atoms with Crippen molar-refractivity contribution in [3.63, 3.8) is 0 Å². The summed E-state index contributed by atoms with van der Waals surface area (Å²) in [6.45, 7) is 0. The number of carboxylic acid groups (broad SMARTS) is 1. The fourth-order valence-corrected chi connectivity index (χ4v) is 1.21. The van der Waals surface area contributed by atoms with Crippen LogP contribution in [-0.4, -0.2) is 25.8 Å². The monoisotopic (exact) mass is 223 g/mol. The minimum absolute atomic E-state index is 0.232. The molecule has 0 atom stereocenters. The van der Waals surface area contributed by atoms with Crippen LogP contribution in [0, 0.1) is 0 Å². The van der Waals surface area contributed by atoms with Crippen LogP contribution in [0.3, 0.4) is 0 Å². The Balaban J connectivity index is 2.37. The van der Waals surface area contributed by atoms with Crippen molar-refractivity contribution in [2.45, 2.75) is 0 Å². The fraction of sp³-hybridized carbons (Fsp3) is 0. The Morgan fingerprint density at radius 1 is 1.33 bits per heavy atom. The van der Waals surface area contributed by atoms with Crippen LogP contribution >= 0.6 is 11.6 Å². The summed E-state index contributed by atoms with van der Waals surface area (Å²) >= 11 is 5.72. The first kappa shape index (κ1) is 9.67. The van der Waals surface area contributed by atoms with Gasteiger partial charge in [-0.15, -0.1) is 5.10 Å². The maximum Gasteiger partial charge on any atom is 0.375 e. The lowest BCUT2D eigenvalue weighted by Gasteiger charge is -1.98. The summed E-state index contributed by atoms with van der Waals surface area (Å²) in [5.74, 6) is -1.38. The van der Waals surface area contributed by atoms with Crippen molar-refractivity contribution in [1.29, 1.82) is 0 Å². The number of nitrogens with zero attached hydrogens (tertiary/aromatic N) is 3. The van der Waals surface area contributed by atoms with Crippen LogP contribution in [0.25, 0.3) is 5.69 Å². The molecule has 0 saturated heterocycles. The number of carboxylic acids is 1. The van der Waals surface area contributed by atoms with Crippen LogP contribution in [0.4, 0.5) is 0 Å². The van der Waals surface area contributed by atoms with Crippen LogP contribution in [-0.2, 0) is 0 Å². The van der Waals surface area contributed by atoms with Crippen LogP contribution < -0.4 is 0 Å². The number of rotatable bonds is 2. The number of hydrogen-bond acceptors (Lipinski definition) is 3. The second-order valence-electron chi connectivity index (χ2n) is 2.79. The van der Waals surface area contributed by atoms with Gasteiger partial charge in [0.25, 0.3) is 5.82 Å². The predicted molar refractivity (Wildman–Crippen MR) is 53.3 cm³/mol. The van der Waals surface area contributed by atoms with Crippen molar-refractivity contribution in [2.24, 2.45) is 0 Å². The average Bonchev–Trinajstić information content (AvgIpc) is 2.68. The number of benzene rings is 1. The van der Waals surface area contributed by atoms with Gasteiger partial charge in [-0.3, -0.25) is 0 Å². The van der Waals surface area contributed by atoms with Gasteiger partial charge in [0.05, 0.1) is 5.69 Å². The van der Waals surface area contributed by atoms with Gasteiger partial charge in [-0.1, -0.05) is 11.6 Å². The Morgan fingerprint density at radius 3 is 2.53 bits per heavy atom. The molecule has 0 aliphatic rings. The summed E-state index contributed by atoms with van der Waals surface area (Å²) in [4.78, 5) is 14.2. The zero-order chi connectivity index (χ0) is 10.8. The molecule has 0 amide bonds. The first-order valence-electron chi connectivity index (χ1n) is 4.08. The summed E-state index contributed by atoms with van der Waals surface area (Å²) in [6, 6.07) is 6.84. The lowest BCUT2D eigenvalue weighted by molar-refractivity contribution is 0.0683. The van der Waals surface area contributed by atoms with E-state index in [-0.39, 0.29) is 5.82 Å². The quantitative estimate of drug-likeness (QED) is 0.840. The molecule has 0 fully saturated rings. The normalized spacial score (nSPS) is 10.2. The van der Waals surface area contributed by atoms with Crippen molar-refractivity contribution in [3.8, 4) is 5.69 Å². The van der Waals surface area contributed by atoms with E-state index in [1.165, 1.54) is 11.0 Å². The largest absolute Gasteiger partial charge is 0.475 e. The number of aromatic carboxylic acids is 1. The standard InChI is InChI=1S/C9H6ClN3O2/c10-6-1-3-7(4-2-6)13-5-11-8(12-13)9(14)15/h1-5H,(H,14,15). The first-order chi connectivity index (χ1) is 7.16. The highest BCUT2D eigenvalue weighted by atomic mass is 35.5. The molecule has 0 aliphatic heterocycles. The Hall–Kier alpha value is -1.88. The summed E-state index contributed by atoms with van der Waals surface area (Å²) < 4.78 is 1.37. The van der Waals surface area contributed by atoms with Crippen LogP contribution in [0.2, 0.25) is 5.02 Å². The Bertz CT molecular complexity index is 492. The van der Waals surface area contributed by atoms with E-state index in [9.17, 15) is 4.79 Å². The molecule has 6 heteroatoms. The second-order valence-corrected chi connectivity index (χ2v) is 3.23. The number of aromatic nitrogens is 3. The van der Waals surface area contributed by atoms with Gasteiger partial charge >= 0.3 is 5.97 Å². The van der Waals surface area contributed by atoms with E-state index in [2.05, 4.69) is 10.1 Å². The predicted octanol–water partition coefficient (Wildman–Crippen LogP) is 1.62. The third-order valence-electron chi connectivity index (χ3n) is 1.77. The van der Waals surface area contributed by atoms with E-state index >= 15 is 0 Å². The molecule has 76 valence electrons. The summed E-state index contributed by atoms with van der Waals surface area (Å²) in [6.07, 6.45) is 1.34. The first-order valence-corrected chi connectivity index (χ1v) is 4.45. The van der Waals surface area contributed by atoms with E-state index in [1.807, 2.05) is 0 Å². The third-order valence-corrected chi connectivity index (χ3v) is 2.03. The van der Waals surface area contributed by atoms with Crippen LogP contribution in [0.1, 0.15) is 10.6 Å². The second kappa shape index (κ2) is 3.70. The van der Waals surface area contributed by atoms with Gasteiger partial charge in [0.1, 0.15) is 6.33 Å². The summed E-state index contributed by atoms with van der Waals surface area (Å²) in [7, 11) is 0. The summed E-state index contributed by atoms with van der Waals surface area (Å²) in [5.41, 5.74) is 0.708. The molecule has 15 heavy (non-hydrogen) atoms. The van der Waals surface area contributed by atoms with Gasteiger partial charge in [0.2, 0.25) is 0 Å². The molecule has 0 unspecified atom stereocenters. The maximum atomic E-state index is 10.5. The van der Waals surface area contributed by atoms with E-state index in [4.69, 9.17) is 16.7 Å². The molecule has 2 aromatic rings.